The van der Waals surface area contributed by atoms with E-state index in [1.165, 1.54) is 23.3 Å². The van der Waals surface area contributed by atoms with Crippen molar-refractivity contribution in [3.63, 3.8) is 0 Å². The molecule has 0 N–H and O–H groups in total. The summed E-state index contributed by atoms with van der Waals surface area (Å²) >= 11 is 0. The molecule has 0 aromatic heterocycles. The van der Waals surface area contributed by atoms with Crippen molar-refractivity contribution >= 4 is 43.9 Å². The van der Waals surface area contributed by atoms with Crippen LogP contribution < -0.4 is 4.90 Å². The first-order valence-corrected chi connectivity index (χ1v) is 14.6. The molecule has 0 radical (unpaired) electrons. The number of allylic oxidation sites excluding steroid dienone is 5. The Hall–Kier alpha value is -3.81. The zero-order valence-corrected chi connectivity index (χ0v) is 23.4. The maximum absolute atomic E-state index is 12.1. The fraction of sp³-hybridized carbons (Fsp3) is 0.250. The number of hydrogen-bond donors (Lipinski definition) is 0. The van der Waals surface area contributed by atoms with Crippen LogP contribution in [0.15, 0.2) is 103 Å². The van der Waals surface area contributed by atoms with Crippen LogP contribution in [0.2, 0.25) is 0 Å². The van der Waals surface area contributed by atoms with Gasteiger partial charge in [-0.25, -0.2) is 8.42 Å². The molecule has 3 aromatic carbocycles. The summed E-state index contributed by atoms with van der Waals surface area (Å²) in [5, 5.41) is 2.37. The molecule has 4 rings (SSSR count). The standard InChI is InChI=1S/C32H34N2O4S/c1-25(35)33(27-16-7-6-8-17-27)22-12-5-4-9-19-30-32(2,3)31-28-18-11-10-15-26(28)20-21-29(31)34(30)23-13-14-24-39(36,37)38/h4-12,15-22H,13-14,23-24H2,1-3H3. The number of para-hydroxylation sites is 1. The summed E-state index contributed by atoms with van der Waals surface area (Å²) in [6.45, 7) is 6.54. The molecule has 0 atom stereocenters. The van der Waals surface area contributed by atoms with Crippen molar-refractivity contribution in [1.29, 1.82) is 0 Å². The minimum atomic E-state index is -4.23. The van der Waals surface area contributed by atoms with Gasteiger partial charge in [-0.3, -0.25) is 9.69 Å². The lowest BCUT2D eigenvalue weighted by Crippen LogP contribution is -2.28. The van der Waals surface area contributed by atoms with E-state index < -0.39 is 10.1 Å². The summed E-state index contributed by atoms with van der Waals surface area (Å²) in [5.41, 5.74) is 3.95. The van der Waals surface area contributed by atoms with Crippen LogP contribution in [0.25, 0.3) is 10.8 Å². The Bertz CT molecular complexity index is 1580. The van der Waals surface area contributed by atoms with Crippen molar-refractivity contribution in [2.75, 3.05) is 17.2 Å². The number of amides is 1. The average molecular weight is 543 g/mol. The summed E-state index contributed by atoms with van der Waals surface area (Å²) in [6.07, 6.45) is 12.3. The minimum absolute atomic E-state index is 0.0740. The zero-order valence-electron chi connectivity index (χ0n) is 22.6. The molecular weight excluding hydrogens is 508 g/mol. The maximum atomic E-state index is 12.1. The number of rotatable bonds is 10. The lowest BCUT2D eigenvalue weighted by molar-refractivity contribution is -0.438. The van der Waals surface area contributed by atoms with Gasteiger partial charge < -0.3 is 4.55 Å². The predicted octanol–water partition coefficient (Wildman–Crippen LogP) is 6.22. The van der Waals surface area contributed by atoms with Gasteiger partial charge in [-0.1, -0.05) is 60.7 Å². The van der Waals surface area contributed by atoms with Crippen LogP contribution in [-0.2, 0) is 20.3 Å². The topological polar surface area (TPSA) is 80.5 Å². The molecule has 0 saturated carbocycles. The molecular formula is C32H34N2O4S. The fourth-order valence-corrected chi connectivity index (χ4v) is 5.75. The SMILES string of the molecule is CC(=O)N(C=CC=CC=CC1=[N+](CCCCS(=O)(=O)[O-])c2ccc3ccccc3c2C1(C)C)c1ccccc1. The summed E-state index contributed by atoms with van der Waals surface area (Å²) < 4.78 is 35.6. The van der Waals surface area contributed by atoms with Crippen molar-refractivity contribution in [3.8, 4) is 0 Å². The number of hydrogen-bond acceptors (Lipinski definition) is 4. The normalized spacial score (nSPS) is 15.2. The fourth-order valence-electron chi connectivity index (χ4n) is 5.20. The van der Waals surface area contributed by atoms with E-state index in [9.17, 15) is 17.8 Å². The molecule has 1 aliphatic heterocycles. The number of nitrogens with zero attached hydrogens (tertiary/aromatic N) is 2. The Morgan fingerprint density at radius 3 is 2.33 bits per heavy atom. The highest BCUT2D eigenvalue weighted by atomic mass is 32.2. The summed E-state index contributed by atoms with van der Waals surface area (Å²) in [6, 6.07) is 22.0. The van der Waals surface area contributed by atoms with Gasteiger partial charge in [-0.15, -0.1) is 0 Å². The second kappa shape index (κ2) is 11.9. The van der Waals surface area contributed by atoms with Crippen molar-refractivity contribution in [1.82, 2.24) is 0 Å². The van der Waals surface area contributed by atoms with Crippen molar-refractivity contribution in [2.24, 2.45) is 0 Å². The van der Waals surface area contributed by atoms with Crippen LogP contribution in [0.1, 0.15) is 39.2 Å². The molecule has 7 heteroatoms. The van der Waals surface area contributed by atoms with Gasteiger partial charge in [-0.2, -0.15) is 4.58 Å². The van der Waals surface area contributed by atoms with Gasteiger partial charge in [0.1, 0.15) is 6.54 Å². The number of unbranched alkanes of at least 4 members (excludes halogenated alkanes) is 1. The number of carbonyl (C=O) groups excluding carboxylic acids is 1. The second-order valence-corrected chi connectivity index (χ2v) is 11.6. The second-order valence-electron chi connectivity index (χ2n) is 10.1. The third kappa shape index (κ3) is 6.61. The summed E-state index contributed by atoms with van der Waals surface area (Å²) in [4.78, 5) is 13.7. The number of anilines is 1. The average Bonchev–Trinajstić information content (AvgIpc) is 3.11. The lowest BCUT2D eigenvalue weighted by Gasteiger charge is -2.17. The molecule has 3 aromatic rings. The van der Waals surface area contributed by atoms with Crippen LogP contribution in [0.5, 0.6) is 0 Å². The van der Waals surface area contributed by atoms with Gasteiger partial charge in [0.25, 0.3) is 0 Å². The molecule has 0 aliphatic carbocycles. The Balaban J connectivity index is 1.60. The Labute approximate surface area is 231 Å². The van der Waals surface area contributed by atoms with E-state index in [2.05, 4.69) is 48.8 Å². The molecule has 39 heavy (non-hydrogen) atoms. The summed E-state index contributed by atoms with van der Waals surface area (Å²) in [7, 11) is -4.23. The smallest absolute Gasteiger partial charge is 0.227 e. The Morgan fingerprint density at radius 2 is 1.62 bits per heavy atom. The largest absolute Gasteiger partial charge is 0.748 e. The predicted molar refractivity (Wildman–Crippen MR) is 158 cm³/mol. The van der Waals surface area contributed by atoms with E-state index in [-0.39, 0.29) is 17.1 Å². The van der Waals surface area contributed by atoms with Crippen LogP contribution in [0, 0.1) is 0 Å². The lowest BCUT2D eigenvalue weighted by atomic mass is 9.79. The van der Waals surface area contributed by atoms with Gasteiger partial charge >= 0.3 is 0 Å². The summed E-state index contributed by atoms with van der Waals surface area (Å²) in [5.74, 6) is -0.426. The van der Waals surface area contributed by atoms with Crippen LogP contribution in [-0.4, -0.2) is 41.5 Å². The molecule has 0 saturated heterocycles. The van der Waals surface area contributed by atoms with E-state index in [1.54, 1.807) is 11.1 Å². The first kappa shape index (κ1) is 28.2. The van der Waals surface area contributed by atoms with Gasteiger partial charge in [0.05, 0.1) is 15.5 Å². The van der Waals surface area contributed by atoms with E-state index >= 15 is 0 Å². The maximum Gasteiger partial charge on any atom is 0.227 e. The number of fused-ring (bicyclic) bond motifs is 3. The van der Waals surface area contributed by atoms with Crippen molar-refractivity contribution in [3.05, 3.63) is 109 Å². The van der Waals surface area contributed by atoms with Gasteiger partial charge in [0.15, 0.2) is 5.71 Å². The highest BCUT2D eigenvalue weighted by Gasteiger charge is 2.45. The first-order chi connectivity index (χ1) is 18.6. The van der Waals surface area contributed by atoms with E-state index in [0.29, 0.717) is 19.4 Å². The van der Waals surface area contributed by atoms with Crippen LogP contribution in [0.4, 0.5) is 11.4 Å². The first-order valence-electron chi connectivity index (χ1n) is 13.1. The van der Waals surface area contributed by atoms with E-state index in [0.717, 1.165) is 17.1 Å². The zero-order chi connectivity index (χ0) is 28.0. The van der Waals surface area contributed by atoms with E-state index in [1.807, 2.05) is 66.8 Å². The molecule has 0 spiro atoms. The van der Waals surface area contributed by atoms with E-state index in [4.69, 9.17) is 0 Å². The number of benzene rings is 3. The Kier molecular flexibility index (Phi) is 8.63. The minimum Gasteiger partial charge on any atom is -0.748 e. The van der Waals surface area contributed by atoms with Crippen molar-refractivity contribution < 1.29 is 22.3 Å². The highest BCUT2D eigenvalue weighted by molar-refractivity contribution is 7.85. The molecule has 1 aliphatic rings. The van der Waals surface area contributed by atoms with Crippen LogP contribution in [0.3, 0.4) is 0 Å². The highest BCUT2D eigenvalue weighted by Crippen LogP contribution is 2.44. The molecule has 0 bridgehead atoms. The molecule has 0 fully saturated rings. The third-order valence-electron chi connectivity index (χ3n) is 6.98. The third-order valence-corrected chi connectivity index (χ3v) is 7.76. The van der Waals surface area contributed by atoms with Crippen molar-refractivity contribution in [2.45, 2.75) is 39.0 Å². The van der Waals surface area contributed by atoms with Gasteiger partial charge in [0.2, 0.25) is 11.6 Å². The van der Waals surface area contributed by atoms with Crippen LogP contribution >= 0.6 is 0 Å². The molecule has 202 valence electrons. The molecule has 1 heterocycles. The quantitative estimate of drug-likeness (QED) is 0.132. The molecule has 1 amide bonds. The molecule has 0 unspecified atom stereocenters. The number of carbonyl (C=O) groups is 1. The monoisotopic (exact) mass is 542 g/mol. The molecule has 6 nitrogen and oxygen atoms in total. The Morgan fingerprint density at radius 1 is 0.923 bits per heavy atom. The van der Waals surface area contributed by atoms with Gasteiger partial charge in [0, 0.05) is 48.7 Å². The van der Waals surface area contributed by atoms with Gasteiger partial charge in [-0.05, 0) is 55.3 Å².